The van der Waals surface area contributed by atoms with Crippen LogP contribution < -0.4 is 4.74 Å². The summed E-state index contributed by atoms with van der Waals surface area (Å²) in [5.41, 5.74) is 2.42. The minimum absolute atomic E-state index is 0.0848. The van der Waals surface area contributed by atoms with Crippen LogP contribution in [0, 0.1) is 0 Å². The molecule has 2 aromatic carbocycles. The number of nitrogens with zero attached hydrogens (tertiary/aromatic N) is 1. The lowest BCUT2D eigenvalue weighted by atomic mass is 10.0. The average Bonchev–Trinajstić information content (AvgIpc) is 2.55. The second kappa shape index (κ2) is 7.90. The highest BCUT2D eigenvalue weighted by Crippen LogP contribution is 2.19. The lowest BCUT2D eigenvalue weighted by Crippen LogP contribution is -2.07. The first-order valence-corrected chi connectivity index (χ1v) is 7.91. The number of carbonyl (C=O) groups excluding carboxylic acids is 1. The van der Waals surface area contributed by atoms with Gasteiger partial charge in [0, 0.05) is 22.2 Å². The average molecular weight is 360 g/mol. The second-order valence-electron chi connectivity index (χ2n) is 4.84. The van der Waals surface area contributed by atoms with Crippen molar-refractivity contribution in [3.05, 3.63) is 58.6 Å². The zero-order valence-corrected chi connectivity index (χ0v) is 14.3. The molecule has 0 saturated carbocycles. The SMILES string of the molecule is CCC(CC(=O)c1ccc(Br)cc1)=Nc1ccc(OC)cc1. The van der Waals surface area contributed by atoms with Crippen LogP contribution in [-0.2, 0) is 0 Å². The van der Waals surface area contributed by atoms with Gasteiger partial charge in [0.05, 0.1) is 12.8 Å². The quantitative estimate of drug-likeness (QED) is 0.524. The Bertz CT molecular complexity index is 660. The molecule has 0 atom stereocenters. The Kier molecular flexibility index (Phi) is 5.90. The van der Waals surface area contributed by atoms with Crippen LogP contribution in [0.5, 0.6) is 5.75 Å². The number of ether oxygens (including phenoxy) is 1. The molecule has 0 N–H and O–H groups in total. The predicted molar refractivity (Wildman–Crippen MR) is 93.5 cm³/mol. The fourth-order valence-corrected chi connectivity index (χ4v) is 2.27. The molecule has 2 aromatic rings. The van der Waals surface area contributed by atoms with E-state index in [1.807, 2.05) is 55.5 Å². The van der Waals surface area contributed by atoms with Crippen molar-refractivity contribution in [1.29, 1.82) is 0 Å². The van der Waals surface area contributed by atoms with Crippen LogP contribution >= 0.6 is 15.9 Å². The van der Waals surface area contributed by atoms with Gasteiger partial charge in [-0.1, -0.05) is 35.0 Å². The molecule has 3 nitrogen and oxygen atoms in total. The zero-order chi connectivity index (χ0) is 15.9. The normalized spacial score (nSPS) is 11.3. The third-order valence-corrected chi connectivity index (χ3v) is 3.83. The summed E-state index contributed by atoms with van der Waals surface area (Å²) in [7, 11) is 1.63. The van der Waals surface area contributed by atoms with E-state index in [0.717, 1.165) is 28.0 Å². The summed E-state index contributed by atoms with van der Waals surface area (Å²) < 4.78 is 6.09. The molecule has 0 bridgehead atoms. The molecule has 0 aliphatic carbocycles. The van der Waals surface area contributed by atoms with Gasteiger partial charge in [0.25, 0.3) is 0 Å². The molecule has 0 amide bonds. The summed E-state index contributed by atoms with van der Waals surface area (Å²) in [6.45, 7) is 2.01. The topological polar surface area (TPSA) is 38.7 Å². The molecule has 0 aliphatic heterocycles. The van der Waals surface area contributed by atoms with Crippen LogP contribution in [0.4, 0.5) is 5.69 Å². The molecular weight excluding hydrogens is 342 g/mol. The third-order valence-electron chi connectivity index (χ3n) is 3.30. The lowest BCUT2D eigenvalue weighted by molar-refractivity contribution is 0.1000. The fraction of sp³-hybridized carbons (Fsp3) is 0.222. The van der Waals surface area contributed by atoms with E-state index in [0.29, 0.717) is 12.0 Å². The molecule has 0 radical (unpaired) electrons. The first kappa shape index (κ1) is 16.4. The Labute approximate surface area is 139 Å². The van der Waals surface area contributed by atoms with Gasteiger partial charge in [-0.05, 0) is 42.8 Å². The van der Waals surface area contributed by atoms with Gasteiger partial charge >= 0.3 is 0 Å². The number of halogens is 1. The summed E-state index contributed by atoms with van der Waals surface area (Å²) in [6, 6.07) is 14.9. The van der Waals surface area contributed by atoms with Gasteiger partial charge in [0.2, 0.25) is 0 Å². The molecule has 22 heavy (non-hydrogen) atoms. The maximum absolute atomic E-state index is 12.3. The van der Waals surface area contributed by atoms with E-state index in [-0.39, 0.29) is 5.78 Å². The number of hydrogen-bond donors (Lipinski definition) is 0. The Balaban J connectivity index is 2.11. The van der Waals surface area contributed by atoms with Crippen LogP contribution in [0.3, 0.4) is 0 Å². The molecule has 2 rings (SSSR count). The van der Waals surface area contributed by atoms with Crippen molar-refractivity contribution in [2.24, 2.45) is 4.99 Å². The number of rotatable bonds is 6. The molecule has 114 valence electrons. The Morgan fingerprint density at radius 2 is 1.73 bits per heavy atom. The van der Waals surface area contributed by atoms with Crippen molar-refractivity contribution in [1.82, 2.24) is 0 Å². The summed E-state index contributed by atoms with van der Waals surface area (Å²) in [5, 5.41) is 0. The summed E-state index contributed by atoms with van der Waals surface area (Å²) in [5.74, 6) is 0.879. The Morgan fingerprint density at radius 1 is 1.09 bits per heavy atom. The van der Waals surface area contributed by atoms with Gasteiger partial charge in [-0.3, -0.25) is 9.79 Å². The monoisotopic (exact) mass is 359 g/mol. The van der Waals surface area contributed by atoms with Crippen LogP contribution in [0.25, 0.3) is 0 Å². The van der Waals surface area contributed by atoms with E-state index in [9.17, 15) is 4.79 Å². The maximum atomic E-state index is 12.3. The molecule has 0 heterocycles. The number of methoxy groups -OCH3 is 1. The van der Waals surface area contributed by atoms with E-state index >= 15 is 0 Å². The number of aliphatic imine (C=N–C) groups is 1. The summed E-state index contributed by atoms with van der Waals surface area (Å²) in [6.07, 6.45) is 1.08. The minimum atomic E-state index is 0.0848. The van der Waals surface area contributed by atoms with E-state index in [4.69, 9.17) is 4.74 Å². The molecular formula is C18H18BrNO2. The summed E-state index contributed by atoms with van der Waals surface area (Å²) >= 11 is 3.37. The molecule has 0 saturated heterocycles. The maximum Gasteiger partial charge on any atom is 0.168 e. The van der Waals surface area contributed by atoms with Crippen molar-refractivity contribution in [3.8, 4) is 5.75 Å². The van der Waals surface area contributed by atoms with E-state index in [2.05, 4.69) is 20.9 Å². The van der Waals surface area contributed by atoms with Gasteiger partial charge in [-0.15, -0.1) is 0 Å². The van der Waals surface area contributed by atoms with Crippen molar-refractivity contribution < 1.29 is 9.53 Å². The first-order chi connectivity index (χ1) is 10.6. The second-order valence-corrected chi connectivity index (χ2v) is 5.75. The minimum Gasteiger partial charge on any atom is -0.497 e. The van der Waals surface area contributed by atoms with E-state index < -0.39 is 0 Å². The molecule has 0 spiro atoms. The van der Waals surface area contributed by atoms with Crippen LogP contribution in [0.2, 0.25) is 0 Å². The van der Waals surface area contributed by atoms with Crippen LogP contribution in [0.1, 0.15) is 30.1 Å². The fourth-order valence-electron chi connectivity index (χ4n) is 2.01. The van der Waals surface area contributed by atoms with Crippen LogP contribution in [0.15, 0.2) is 58.0 Å². The molecule has 0 aromatic heterocycles. The van der Waals surface area contributed by atoms with E-state index in [1.54, 1.807) is 7.11 Å². The summed E-state index contributed by atoms with van der Waals surface area (Å²) in [4.78, 5) is 16.9. The van der Waals surface area contributed by atoms with Crippen LogP contribution in [-0.4, -0.2) is 18.6 Å². The number of Topliss-reactive ketones (excluding diaryl/α,β-unsaturated/α-hetero) is 1. The predicted octanol–water partition coefficient (Wildman–Crippen LogP) is 5.21. The van der Waals surface area contributed by atoms with E-state index in [1.165, 1.54) is 0 Å². The number of carbonyl (C=O) groups is 1. The van der Waals surface area contributed by atoms with Gasteiger partial charge in [-0.25, -0.2) is 0 Å². The molecule has 0 aliphatic rings. The Hall–Kier alpha value is -1.94. The third kappa shape index (κ3) is 4.53. The van der Waals surface area contributed by atoms with Crippen molar-refractivity contribution in [2.75, 3.05) is 7.11 Å². The molecule has 0 fully saturated rings. The molecule has 4 heteroatoms. The smallest absolute Gasteiger partial charge is 0.168 e. The number of ketones is 1. The first-order valence-electron chi connectivity index (χ1n) is 7.11. The zero-order valence-electron chi connectivity index (χ0n) is 12.7. The largest absolute Gasteiger partial charge is 0.497 e. The van der Waals surface area contributed by atoms with Gasteiger partial charge in [0.15, 0.2) is 5.78 Å². The molecule has 0 unspecified atom stereocenters. The number of hydrogen-bond acceptors (Lipinski definition) is 3. The highest BCUT2D eigenvalue weighted by Gasteiger charge is 2.09. The van der Waals surface area contributed by atoms with Crippen molar-refractivity contribution in [2.45, 2.75) is 19.8 Å². The van der Waals surface area contributed by atoms with Crippen molar-refractivity contribution in [3.63, 3.8) is 0 Å². The van der Waals surface area contributed by atoms with Gasteiger partial charge in [0.1, 0.15) is 5.75 Å². The standard InChI is InChI=1S/C18H18BrNO2/c1-3-15(20-16-8-10-17(22-2)11-9-16)12-18(21)13-4-6-14(19)7-5-13/h4-11H,3,12H2,1-2H3. The van der Waals surface area contributed by atoms with Gasteiger partial charge in [-0.2, -0.15) is 0 Å². The highest BCUT2D eigenvalue weighted by molar-refractivity contribution is 9.10. The highest BCUT2D eigenvalue weighted by atomic mass is 79.9. The lowest BCUT2D eigenvalue weighted by Gasteiger charge is -2.05. The number of benzene rings is 2. The Morgan fingerprint density at radius 3 is 2.27 bits per heavy atom. The van der Waals surface area contributed by atoms with Gasteiger partial charge < -0.3 is 4.74 Å². The van der Waals surface area contributed by atoms with Crippen molar-refractivity contribution >= 4 is 33.1 Å².